The van der Waals surface area contributed by atoms with Gasteiger partial charge in [0.05, 0.1) is 12.1 Å². The van der Waals surface area contributed by atoms with Crippen LogP contribution >= 0.6 is 7.60 Å². The van der Waals surface area contributed by atoms with Crippen LogP contribution in [0.2, 0.25) is 0 Å². The van der Waals surface area contributed by atoms with E-state index in [4.69, 9.17) is 31.7 Å². The number of esters is 2. The Morgan fingerprint density at radius 2 is 1.21 bits per heavy atom. The van der Waals surface area contributed by atoms with Gasteiger partial charge in [-0.25, -0.2) is 14.4 Å². The molecule has 0 amide bonds. The number of carbonyl (C=O) groups is 2. The first-order valence-electron chi connectivity index (χ1n) is 11.4. The predicted molar refractivity (Wildman–Crippen MR) is 122 cm³/mol. The summed E-state index contributed by atoms with van der Waals surface area (Å²) in [7, 11) is -4.30. The molecular weight excluding hydrogens is 551 g/mol. The van der Waals surface area contributed by atoms with E-state index in [-0.39, 0.29) is 60.4 Å². The van der Waals surface area contributed by atoms with E-state index < -0.39 is 62.3 Å². The number of hydrogen-bond acceptors (Lipinski definition) is 15. The highest BCUT2D eigenvalue weighted by atomic mass is 31.2. The average Bonchev–Trinajstić information content (AvgIpc) is 3.48. The molecule has 1 N–H and O–H groups in total. The minimum Gasteiger partial charge on any atom is -0.457 e. The van der Waals surface area contributed by atoms with Crippen molar-refractivity contribution in [1.82, 2.24) is 0 Å². The van der Waals surface area contributed by atoms with E-state index in [1.165, 1.54) is 20.8 Å². The number of aryl methyl sites for hydroxylation is 3. The molecule has 16 nitrogen and oxygen atoms in total. The maximum absolute atomic E-state index is 12.8. The largest absolute Gasteiger partial charge is 0.519 e. The fraction of sp³-hybridized carbons (Fsp3) is 0.500. The molecule has 3 aromatic rings. The molecule has 0 aliphatic heterocycles. The third kappa shape index (κ3) is 8.84. The first kappa shape index (κ1) is 29.7. The summed E-state index contributed by atoms with van der Waals surface area (Å²) in [6.07, 6.45) is -1.24. The lowest BCUT2D eigenvalue weighted by molar-refractivity contribution is -0.152. The number of ether oxygens (including phenoxy) is 2. The van der Waals surface area contributed by atoms with Crippen LogP contribution in [0.3, 0.4) is 0 Å². The monoisotopic (exact) mass is 576 g/mol. The molecule has 0 aliphatic rings. The van der Waals surface area contributed by atoms with Gasteiger partial charge in [0, 0.05) is 6.42 Å². The molecule has 3 heterocycles. The lowest BCUT2D eigenvalue weighted by atomic mass is 10.0. The van der Waals surface area contributed by atoms with Crippen molar-refractivity contribution in [1.29, 1.82) is 0 Å². The Labute approximate surface area is 217 Å². The molecule has 0 bridgehead atoms. The van der Waals surface area contributed by atoms with Crippen LogP contribution in [-0.2, 0) is 48.0 Å². The molecule has 0 saturated heterocycles. The van der Waals surface area contributed by atoms with Gasteiger partial charge in [-0.3, -0.25) is 14.2 Å². The van der Waals surface area contributed by atoms with Crippen LogP contribution in [0.1, 0.15) is 53.8 Å². The topological polar surface area (TPSA) is 229 Å². The van der Waals surface area contributed by atoms with Crippen LogP contribution in [0.15, 0.2) is 40.9 Å². The molecular formula is C22H25O16P. The Morgan fingerprint density at radius 3 is 1.67 bits per heavy atom. The molecule has 0 spiro atoms. The van der Waals surface area contributed by atoms with Gasteiger partial charge in [-0.1, -0.05) is 0 Å². The summed E-state index contributed by atoms with van der Waals surface area (Å²) in [5.41, 5.74) is 0. The lowest BCUT2D eigenvalue weighted by Gasteiger charge is -2.17. The smallest absolute Gasteiger partial charge is 0.457 e. The van der Waals surface area contributed by atoms with E-state index in [0.717, 1.165) is 0 Å². The standard InChI is InChI=1S/C22H25O16P/c1-11-15(36-20(25)33-11)8-30-18(23)5-4-14(19(24)31-9-16-12(2)34-21(26)37-16)6-7-39(28,29)32-10-17-13(3)35-22(27)38-17/h14H,4-10H2,1-3H3,(H,28,29). The van der Waals surface area contributed by atoms with E-state index in [0.29, 0.717) is 0 Å². The van der Waals surface area contributed by atoms with Gasteiger partial charge in [-0.15, -0.1) is 0 Å². The molecule has 3 aromatic heterocycles. The van der Waals surface area contributed by atoms with Crippen molar-refractivity contribution in [2.75, 3.05) is 6.16 Å². The number of rotatable bonds is 14. The Bertz CT molecular complexity index is 1510. The molecule has 2 unspecified atom stereocenters. The van der Waals surface area contributed by atoms with E-state index in [9.17, 15) is 33.4 Å². The van der Waals surface area contributed by atoms with Gasteiger partial charge in [-0.05, 0) is 33.6 Å². The van der Waals surface area contributed by atoms with Gasteiger partial charge in [-0.2, -0.15) is 0 Å². The third-order valence-electron chi connectivity index (χ3n) is 5.40. The van der Waals surface area contributed by atoms with Crippen molar-refractivity contribution in [2.45, 2.75) is 59.9 Å². The van der Waals surface area contributed by atoms with Crippen LogP contribution in [0.5, 0.6) is 0 Å². The van der Waals surface area contributed by atoms with Crippen LogP contribution in [0, 0.1) is 26.7 Å². The van der Waals surface area contributed by atoms with Crippen LogP contribution in [0.25, 0.3) is 0 Å². The van der Waals surface area contributed by atoms with Crippen molar-refractivity contribution in [3.8, 4) is 0 Å². The molecule has 0 fully saturated rings. The number of hydrogen-bond donors (Lipinski definition) is 1. The predicted octanol–water partition coefficient (Wildman–Crippen LogP) is 2.23. The summed E-state index contributed by atoms with van der Waals surface area (Å²) in [5, 5.41) is 0. The molecule has 2 atom stereocenters. The molecule has 214 valence electrons. The second kappa shape index (κ2) is 12.8. The zero-order chi connectivity index (χ0) is 28.7. The second-order valence-electron chi connectivity index (χ2n) is 8.23. The zero-order valence-corrected chi connectivity index (χ0v) is 21.9. The summed E-state index contributed by atoms with van der Waals surface area (Å²) in [5.74, 6) is -5.41. The highest BCUT2D eigenvalue weighted by Gasteiger charge is 2.29. The van der Waals surface area contributed by atoms with E-state index >= 15 is 0 Å². The fourth-order valence-corrected chi connectivity index (χ4v) is 4.29. The summed E-state index contributed by atoms with van der Waals surface area (Å²) in [6.45, 7) is 2.91. The lowest BCUT2D eigenvalue weighted by Crippen LogP contribution is -2.21. The van der Waals surface area contributed by atoms with Crippen LogP contribution in [0.4, 0.5) is 0 Å². The van der Waals surface area contributed by atoms with Crippen LogP contribution < -0.4 is 17.5 Å². The molecule has 17 heteroatoms. The Hall–Kier alpha value is -3.88. The summed E-state index contributed by atoms with van der Waals surface area (Å²) < 4.78 is 55.9. The van der Waals surface area contributed by atoms with Gasteiger partial charge in [0.25, 0.3) is 0 Å². The third-order valence-corrected chi connectivity index (χ3v) is 6.76. The minimum absolute atomic E-state index is 0.0170. The Balaban J connectivity index is 1.59. The minimum atomic E-state index is -4.30. The molecule has 0 saturated carbocycles. The highest BCUT2D eigenvalue weighted by Crippen LogP contribution is 2.44. The van der Waals surface area contributed by atoms with Gasteiger partial charge >= 0.3 is 37.0 Å². The van der Waals surface area contributed by atoms with Crippen molar-refractivity contribution in [2.24, 2.45) is 5.92 Å². The van der Waals surface area contributed by atoms with Gasteiger partial charge < -0.3 is 45.4 Å². The first-order valence-corrected chi connectivity index (χ1v) is 13.2. The normalized spacial score (nSPS) is 13.6. The summed E-state index contributed by atoms with van der Waals surface area (Å²) in [4.78, 5) is 68.6. The van der Waals surface area contributed by atoms with Crippen molar-refractivity contribution >= 4 is 19.5 Å². The van der Waals surface area contributed by atoms with Crippen molar-refractivity contribution in [3.05, 3.63) is 66.4 Å². The maximum Gasteiger partial charge on any atom is 0.519 e. The van der Waals surface area contributed by atoms with Gasteiger partial charge in [0.2, 0.25) is 0 Å². The zero-order valence-electron chi connectivity index (χ0n) is 21.0. The van der Waals surface area contributed by atoms with Gasteiger partial charge in [0.15, 0.2) is 42.0 Å². The fourth-order valence-electron chi connectivity index (χ4n) is 3.21. The molecule has 3 rings (SSSR count). The quantitative estimate of drug-likeness (QED) is 0.214. The highest BCUT2D eigenvalue weighted by molar-refractivity contribution is 7.52. The van der Waals surface area contributed by atoms with E-state index in [2.05, 4.69) is 8.83 Å². The number of carbonyl (C=O) groups excluding carboxylic acids is 2. The van der Waals surface area contributed by atoms with Crippen LogP contribution in [-0.4, -0.2) is 23.0 Å². The molecule has 0 aliphatic carbocycles. The Morgan fingerprint density at radius 1 is 0.744 bits per heavy atom. The van der Waals surface area contributed by atoms with E-state index in [1.807, 2.05) is 0 Å². The SMILES string of the molecule is Cc1oc(=O)oc1COC(=O)CCC(CCP(=O)(O)OCc1oc(=O)oc1C)C(=O)OCc1oc(=O)oc1C. The maximum atomic E-state index is 12.8. The van der Waals surface area contributed by atoms with E-state index in [1.54, 1.807) is 0 Å². The first-order chi connectivity index (χ1) is 18.3. The van der Waals surface area contributed by atoms with Crippen molar-refractivity contribution in [3.63, 3.8) is 0 Å². The Kier molecular flexibility index (Phi) is 9.72. The van der Waals surface area contributed by atoms with Crippen molar-refractivity contribution < 1.29 is 59.5 Å². The summed E-state index contributed by atoms with van der Waals surface area (Å²) in [6, 6.07) is 0. The second-order valence-corrected chi connectivity index (χ2v) is 10.2. The molecule has 0 radical (unpaired) electrons. The van der Waals surface area contributed by atoms with Gasteiger partial charge in [0.1, 0.15) is 12.4 Å². The molecule has 0 aromatic carbocycles. The average molecular weight is 576 g/mol. The molecule has 39 heavy (non-hydrogen) atoms. The summed E-state index contributed by atoms with van der Waals surface area (Å²) >= 11 is 0.